The van der Waals surface area contributed by atoms with Crippen LogP contribution in [0.3, 0.4) is 0 Å². The van der Waals surface area contributed by atoms with E-state index in [2.05, 4.69) is 11.8 Å². The van der Waals surface area contributed by atoms with Gasteiger partial charge in [0.25, 0.3) is 0 Å². The zero-order valence-corrected chi connectivity index (χ0v) is 10.6. The summed E-state index contributed by atoms with van der Waals surface area (Å²) in [6.45, 7) is 0. The van der Waals surface area contributed by atoms with E-state index < -0.39 is 5.79 Å². The van der Waals surface area contributed by atoms with Gasteiger partial charge in [-0.25, -0.2) is 0 Å². The molecule has 0 bridgehead atoms. The number of Topliss-reactive ketones (excluding diaryl/α,β-unsaturated/α-hetero) is 1. The van der Waals surface area contributed by atoms with Gasteiger partial charge in [-0.15, -0.1) is 0 Å². The molecule has 0 amide bonds. The Hall–Kier alpha value is -0.850. The van der Waals surface area contributed by atoms with Crippen molar-refractivity contribution in [3.63, 3.8) is 0 Å². The van der Waals surface area contributed by atoms with Crippen molar-refractivity contribution in [3.05, 3.63) is 0 Å². The van der Waals surface area contributed by atoms with Gasteiger partial charge in [0, 0.05) is 24.2 Å². The van der Waals surface area contributed by atoms with Gasteiger partial charge < -0.3 is 10.2 Å². The minimum atomic E-state index is -1.82. The SMILES string of the molecule is O=C1CC2C(C#CC(O)(O)C3CCCC3)CCC12. The number of aliphatic hydroxyl groups is 2. The molecular formula is C15H20O3. The summed E-state index contributed by atoms with van der Waals surface area (Å²) >= 11 is 0. The van der Waals surface area contributed by atoms with Crippen LogP contribution in [0.5, 0.6) is 0 Å². The lowest BCUT2D eigenvalue weighted by Gasteiger charge is -2.30. The second-order valence-electron chi connectivity index (χ2n) is 6.10. The number of rotatable bonds is 1. The Bertz CT molecular complexity index is 409. The van der Waals surface area contributed by atoms with Crippen molar-refractivity contribution in [1.82, 2.24) is 0 Å². The molecule has 0 saturated heterocycles. The predicted molar refractivity (Wildman–Crippen MR) is 66.2 cm³/mol. The van der Waals surface area contributed by atoms with Crippen LogP contribution in [0.4, 0.5) is 0 Å². The molecular weight excluding hydrogens is 228 g/mol. The Kier molecular flexibility index (Phi) is 2.96. The fraction of sp³-hybridized carbons (Fsp3) is 0.800. The predicted octanol–water partition coefficient (Wildman–Crippen LogP) is 1.48. The molecule has 0 radical (unpaired) electrons. The first-order chi connectivity index (χ1) is 8.58. The molecule has 0 aliphatic heterocycles. The number of fused-ring (bicyclic) bond motifs is 1. The zero-order chi connectivity index (χ0) is 12.8. The van der Waals surface area contributed by atoms with Gasteiger partial charge in [-0.05, 0) is 37.5 Å². The summed E-state index contributed by atoms with van der Waals surface area (Å²) in [6, 6.07) is 0. The van der Waals surface area contributed by atoms with Gasteiger partial charge in [-0.3, -0.25) is 4.79 Å². The molecule has 3 atom stereocenters. The van der Waals surface area contributed by atoms with Crippen molar-refractivity contribution in [2.45, 2.75) is 50.7 Å². The van der Waals surface area contributed by atoms with Gasteiger partial charge >= 0.3 is 0 Å². The van der Waals surface area contributed by atoms with Crippen molar-refractivity contribution in [2.75, 3.05) is 0 Å². The lowest BCUT2D eigenvalue weighted by molar-refractivity contribution is -0.149. The maximum Gasteiger partial charge on any atom is 0.231 e. The van der Waals surface area contributed by atoms with Gasteiger partial charge in [-0.1, -0.05) is 18.8 Å². The first-order valence-corrected chi connectivity index (χ1v) is 7.08. The maximum absolute atomic E-state index is 11.3. The number of carbonyl (C=O) groups excluding carboxylic acids is 1. The molecule has 3 nitrogen and oxygen atoms in total. The molecule has 3 heteroatoms. The standard InChI is InChI=1S/C15H20O3/c16-14-9-13-10(5-6-12(13)14)7-8-15(17,18)11-3-1-2-4-11/h10-13,17-18H,1-6,9H2. The minimum absolute atomic E-state index is 0.0924. The lowest BCUT2D eigenvalue weighted by atomic mass is 9.71. The second-order valence-corrected chi connectivity index (χ2v) is 6.10. The topological polar surface area (TPSA) is 57.5 Å². The minimum Gasteiger partial charge on any atom is -0.356 e. The van der Waals surface area contributed by atoms with Gasteiger partial charge in [-0.2, -0.15) is 0 Å². The average Bonchev–Trinajstić information content (AvgIpc) is 2.93. The highest BCUT2D eigenvalue weighted by molar-refractivity contribution is 5.88. The van der Waals surface area contributed by atoms with Crippen LogP contribution in [0, 0.1) is 35.5 Å². The molecule has 0 aromatic carbocycles. The first kappa shape index (κ1) is 12.2. The Morgan fingerprint density at radius 3 is 2.44 bits per heavy atom. The Morgan fingerprint density at radius 1 is 1.11 bits per heavy atom. The molecule has 3 aliphatic carbocycles. The van der Waals surface area contributed by atoms with Crippen molar-refractivity contribution in [1.29, 1.82) is 0 Å². The maximum atomic E-state index is 11.3. The number of ketones is 1. The summed E-state index contributed by atoms with van der Waals surface area (Å²) in [5.41, 5.74) is 0. The molecule has 0 aromatic heterocycles. The molecule has 0 aromatic rings. The van der Waals surface area contributed by atoms with Crippen LogP contribution in [0.2, 0.25) is 0 Å². The van der Waals surface area contributed by atoms with Crippen LogP contribution >= 0.6 is 0 Å². The van der Waals surface area contributed by atoms with Crippen LogP contribution in [0.25, 0.3) is 0 Å². The summed E-state index contributed by atoms with van der Waals surface area (Å²) < 4.78 is 0. The van der Waals surface area contributed by atoms with Gasteiger partial charge in [0.2, 0.25) is 5.79 Å². The van der Waals surface area contributed by atoms with Crippen molar-refractivity contribution in [2.24, 2.45) is 23.7 Å². The lowest BCUT2D eigenvalue weighted by Crippen LogP contribution is -2.36. The molecule has 0 heterocycles. The van der Waals surface area contributed by atoms with E-state index in [1.165, 1.54) is 0 Å². The van der Waals surface area contributed by atoms with Crippen LogP contribution in [-0.4, -0.2) is 21.8 Å². The van der Waals surface area contributed by atoms with Crippen molar-refractivity contribution < 1.29 is 15.0 Å². The van der Waals surface area contributed by atoms with E-state index in [9.17, 15) is 15.0 Å². The van der Waals surface area contributed by atoms with E-state index in [-0.39, 0.29) is 17.8 Å². The van der Waals surface area contributed by atoms with E-state index in [1.807, 2.05) is 0 Å². The van der Waals surface area contributed by atoms with Crippen LogP contribution in [0.15, 0.2) is 0 Å². The summed E-state index contributed by atoms with van der Waals surface area (Å²) in [5.74, 6) is 5.02. The van der Waals surface area contributed by atoms with Crippen LogP contribution in [0.1, 0.15) is 44.9 Å². The third-order valence-electron chi connectivity index (χ3n) is 5.04. The largest absolute Gasteiger partial charge is 0.356 e. The number of hydrogen-bond donors (Lipinski definition) is 2. The molecule has 2 N–H and O–H groups in total. The smallest absolute Gasteiger partial charge is 0.231 e. The van der Waals surface area contributed by atoms with Gasteiger partial charge in [0.15, 0.2) is 0 Å². The van der Waals surface area contributed by atoms with E-state index in [0.717, 1.165) is 38.5 Å². The molecule has 3 saturated carbocycles. The average molecular weight is 248 g/mol. The highest BCUT2D eigenvalue weighted by Gasteiger charge is 2.48. The monoisotopic (exact) mass is 248 g/mol. The van der Waals surface area contributed by atoms with E-state index in [0.29, 0.717) is 18.1 Å². The number of hydrogen-bond acceptors (Lipinski definition) is 3. The molecule has 0 spiro atoms. The van der Waals surface area contributed by atoms with Crippen LogP contribution < -0.4 is 0 Å². The molecule has 18 heavy (non-hydrogen) atoms. The van der Waals surface area contributed by atoms with Gasteiger partial charge in [0.05, 0.1) is 0 Å². The van der Waals surface area contributed by atoms with Crippen LogP contribution in [-0.2, 0) is 4.79 Å². The normalized spacial score (nSPS) is 35.9. The first-order valence-electron chi connectivity index (χ1n) is 7.08. The van der Waals surface area contributed by atoms with Crippen molar-refractivity contribution in [3.8, 4) is 11.8 Å². The quantitative estimate of drug-likeness (QED) is 0.546. The second kappa shape index (κ2) is 4.36. The third kappa shape index (κ3) is 1.98. The zero-order valence-electron chi connectivity index (χ0n) is 10.6. The molecule has 3 fully saturated rings. The molecule has 3 aliphatic rings. The van der Waals surface area contributed by atoms with Gasteiger partial charge in [0.1, 0.15) is 5.78 Å². The molecule has 3 rings (SSSR count). The summed E-state index contributed by atoms with van der Waals surface area (Å²) in [7, 11) is 0. The third-order valence-corrected chi connectivity index (χ3v) is 5.04. The van der Waals surface area contributed by atoms with E-state index in [1.54, 1.807) is 0 Å². The van der Waals surface area contributed by atoms with E-state index >= 15 is 0 Å². The molecule has 3 unspecified atom stereocenters. The van der Waals surface area contributed by atoms with Crippen molar-refractivity contribution >= 4 is 5.78 Å². The van der Waals surface area contributed by atoms with E-state index in [4.69, 9.17) is 0 Å². The summed E-state index contributed by atoms with van der Waals surface area (Å²) in [5, 5.41) is 20.0. The summed E-state index contributed by atoms with van der Waals surface area (Å²) in [4.78, 5) is 11.3. The number of carbonyl (C=O) groups is 1. The fourth-order valence-electron chi connectivity index (χ4n) is 3.78. The Labute approximate surface area is 108 Å². The Balaban J connectivity index is 1.66. The highest BCUT2D eigenvalue weighted by atomic mass is 16.5. The highest BCUT2D eigenvalue weighted by Crippen LogP contribution is 2.47. The Morgan fingerprint density at radius 2 is 1.83 bits per heavy atom. The summed E-state index contributed by atoms with van der Waals surface area (Å²) in [6.07, 6.45) is 6.38. The fourth-order valence-corrected chi connectivity index (χ4v) is 3.78. The molecule has 98 valence electrons.